The second-order valence-corrected chi connectivity index (χ2v) is 6.76. The SMILES string of the molecule is CC1=CC(N(C)C)C(O)C=C1N=Nc1nc2c([nH]1)CC(S)C=C2. The molecule has 6 nitrogen and oxygen atoms in total. The van der Waals surface area contributed by atoms with Crippen LogP contribution in [0.1, 0.15) is 18.3 Å². The Balaban J connectivity index is 1.78. The Morgan fingerprint density at radius 2 is 2.13 bits per heavy atom. The van der Waals surface area contributed by atoms with E-state index in [1.165, 1.54) is 0 Å². The molecule has 23 heavy (non-hydrogen) atoms. The van der Waals surface area contributed by atoms with Crippen molar-refractivity contribution in [1.29, 1.82) is 0 Å². The van der Waals surface area contributed by atoms with Crippen molar-refractivity contribution in [2.75, 3.05) is 14.1 Å². The molecule has 1 aromatic heterocycles. The van der Waals surface area contributed by atoms with Gasteiger partial charge in [-0.1, -0.05) is 12.2 Å². The quantitative estimate of drug-likeness (QED) is 0.588. The summed E-state index contributed by atoms with van der Waals surface area (Å²) in [4.78, 5) is 9.54. The number of nitrogens with one attached hydrogen (secondary N) is 1. The van der Waals surface area contributed by atoms with Gasteiger partial charge < -0.3 is 15.0 Å². The number of thiol groups is 1. The first-order valence-corrected chi connectivity index (χ1v) is 8.07. The first-order chi connectivity index (χ1) is 10.9. The van der Waals surface area contributed by atoms with Crippen molar-refractivity contribution in [3.8, 4) is 0 Å². The first-order valence-electron chi connectivity index (χ1n) is 7.56. The Kier molecular flexibility index (Phi) is 4.52. The second kappa shape index (κ2) is 6.43. The molecule has 3 unspecified atom stereocenters. The zero-order valence-electron chi connectivity index (χ0n) is 13.4. The van der Waals surface area contributed by atoms with Crippen LogP contribution in [0.5, 0.6) is 0 Å². The molecule has 0 amide bonds. The summed E-state index contributed by atoms with van der Waals surface area (Å²) in [6.45, 7) is 1.97. The summed E-state index contributed by atoms with van der Waals surface area (Å²) in [5.41, 5.74) is 3.58. The minimum atomic E-state index is -0.597. The van der Waals surface area contributed by atoms with E-state index in [0.29, 0.717) is 11.6 Å². The van der Waals surface area contributed by atoms with E-state index < -0.39 is 6.10 Å². The largest absolute Gasteiger partial charge is 0.387 e. The fourth-order valence-corrected chi connectivity index (χ4v) is 3.00. The molecule has 122 valence electrons. The minimum absolute atomic E-state index is 0.0395. The first kappa shape index (κ1) is 16.2. The fraction of sp³-hybridized carbons (Fsp3) is 0.438. The molecule has 0 saturated heterocycles. The fourth-order valence-electron chi connectivity index (χ4n) is 2.73. The van der Waals surface area contributed by atoms with Gasteiger partial charge in [-0.3, -0.25) is 0 Å². The molecule has 0 spiro atoms. The van der Waals surface area contributed by atoms with Crippen LogP contribution in [0.4, 0.5) is 5.95 Å². The molecule has 0 aliphatic heterocycles. The summed E-state index contributed by atoms with van der Waals surface area (Å²) >= 11 is 4.44. The van der Waals surface area contributed by atoms with Crippen LogP contribution in [0.3, 0.4) is 0 Å². The summed E-state index contributed by atoms with van der Waals surface area (Å²) < 4.78 is 0. The monoisotopic (exact) mass is 331 g/mol. The molecule has 0 fully saturated rings. The van der Waals surface area contributed by atoms with Crippen molar-refractivity contribution in [3.05, 3.63) is 40.9 Å². The number of azo groups is 1. The molecule has 3 atom stereocenters. The van der Waals surface area contributed by atoms with Crippen molar-refractivity contribution >= 4 is 24.7 Å². The number of fused-ring (bicyclic) bond motifs is 1. The smallest absolute Gasteiger partial charge is 0.247 e. The van der Waals surface area contributed by atoms with Gasteiger partial charge in [0.25, 0.3) is 0 Å². The Morgan fingerprint density at radius 1 is 1.35 bits per heavy atom. The molecule has 1 heterocycles. The molecular formula is C16H21N5OS. The molecular weight excluding hydrogens is 310 g/mol. The number of aromatic nitrogens is 2. The minimum Gasteiger partial charge on any atom is -0.387 e. The third kappa shape index (κ3) is 3.46. The summed E-state index contributed by atoms with van der Waals surface area (Å²) in [6.07, 6.45) is 7.91. The average Bonchev–Trinajstić information content (AvgIpc) is 2.89. The lowest BCUT2D eigenvalue weighted by Gasteiger charge is -2.28. The van der Waals surface area contributed by atoms with Gasteiger partial charge >= 0.3 is 0 Å². The van der Waals surface area contributed by atoms with Crippen molar-refractivity contribution in [1.82, 2.24) is 14.9 Å². The maximum absolute atomic E-state index is 10.2. The predicted molar refractivity (Wildman–Crippen MR) is 93.9 cm³/mol. The van der Waals surface area contributed by atoms with Crippen LogP contribution in [0.15, 0.2) is 39.7 Å². The van der Waals surface area contributed by atoms with Gasteiger partial charge in [-0.25, -0.2) is 4.98 Å². The number of allylic oxidation sites excluding steroid dienone is 1. The zero-order chi connectivity index (χ0) is 16.6. The Labute approximate surface area is 141 Å². The highest BCUT2D eigenvalue weighted by Crippen LogP contribution is 2.26. The lowest BCUT2D eigenvalue weighted by atomic mass is 9.98. The number of aliphatic hydroxyl groups excluding tert-OH is 1. The summed E-state index contributed by atoms with van der Waals surface area (Å²) in [5, 5.41) is 18.8. The second-order valence-electron chi connectivity index (χ2n) is 6.10. The van der Waals surface area contributed by atoms with Gasteiger partial charge in [0.05, 0.1) is 23.5 Å². The van der Waals surface area contributed by atoms with Crippen molar-refractivity contribution < 1.29 is 5.11 Å². The van der Waals surface area contributed by atoms with Crippen LogP contribution < -0.4 is 0 Å². The number of hydrogen-bond donors (Lipinski definition) is 3. The number of rotatable bonds is 3. The van der Waals surface area contributed by atoms with Crippen molar-refractivity contribution in [2.24, 2.45) is 10.2 Å². The molecule has 2 aliphatic carbocycles. The molecule has 2 aliphatic rings. The summed E-state index contributed by atoms with van der Waals surface area (Å²) in [5.74, 6) is 0.472. The van der Waals surface area contributed by atoms with Crippen molar-refractivity contribution in [3.63, 3.8) is 0 Å². The van der Waals surface area contributed by atoms with Crippen molar-refractivity contribution in [2.45, 2.75) is 30.7 Å². The number of hydrogen-bond acceptors (Lipinski definition) is 6. The molecule has 1 aromatic rings. The molecule has 7 heteroatoms. The van der Waals surface area contributed by atoms with Gasteiger partial charge in [0, 0.05) is 17.4 Å². The van der Waals surface area contributed by atoms with E-state index in [4.69, 9.17) is 0 Å². The van der Waals surface area contributed by atoms with Crippen LogP contribution in [-0.2, 0) is 6.42 Å². The van der Waals surface area contributed by atoms with Crippen LogP contribution in [0.2, 0.25) is 0 Å². The summed E-state index contributed by atoms with van der Waals surface area (Å²) in [6, 6.07) is -0.0395. The third-order valence-electron chi connectivity index (χ3n) is 4.04. The maximum Gasteiger partial charge on any atom is 0.247 e. The third-order valence-corrected chi connectivity index (χ3v) is 4.39. The van der Waals surface area contributed by atoms with E-state index in [0.717, 1.165) is 23.4 Å². The number of likely N-dealkylation sites (N-methyl/N-ethyl adjacent to an activating group) is 1. The number of aromatic amines is 1. The molecule has 3 rings (SSSR count). The zero-order valence-corrected chi connectivity index (χ0v) is 14.3. The van der Waals surface area contributed by atoms with E-state index in [-0.39, 0.29) is 11.3 Å². The molecule has 2 N–H and O–H groups in total. The van der Waals surface area contributed by atoms with Crippen LogP contribution in [0.25, 0.3) is 6.08 Å². The van der Waals surface area contributed by atoms with Crippen LogP contribution >= 0.6 is 12.6 Å². The Morgan fingerprint density at radius 3 is 2.87 bits per heavy atom. The van der Waals surface area contributed by atoms with E-state index in [1.54, 1.807) is 6.08 Å². The van der Waals surface area contributed by atoms with Crippen LogP contribution in [0, 0.1) is 0 Å². The molecule has 0 saturated carbocycles. The highest BCUT2D eigenvalue weighted by atomic mass is 32.1. The number of imidazole rings is 1. The lowest BCUT2D eigenvalue weighted by molar-refractivity contribution is 0.136. The Bertz CT molecular complexity index is 716. The Hall–Kier alpha value is -1.70. The number of aliphatic hydroxyl groups is 1. The molecule has 0 bridgehead atoms. The topological polar surface area (TPSA) is 76.9 Å². The van der Waals surface area contributed by atoms with Gasteiger partial charge in [-0.2, -0.15) is 12.6 Å². The standard InChI is InChI=1S/C16H21N5OS/c1-9-6-14(21(2)3)15(22)8-12(9)19-20-16-17-11-5-4-10(23)7-13(11)18-16/h4-6,8,10,14-15,22-23H,7H2,1-3H3,(H,17,18). The van der Waals surface area contributed by atoms with E-state index >= 15 is 0 Å². The molecule has 0 radical (unpaired) electrons. The van der Waals surface area contributed by atoms with E-state index in [2.05, 4.69) is 32.8 Å². The number of nitrogens with zero attached hydrogens (tertiary/aromatic N) is 4. The average molecular weight is 331 g/mol. The van der Waals surface area contributed by atoms with Crippen LogP contribution in [-0.4, -0.2) is 51.5 Å². The summed E-state index contributed by atoms with van der Waals surface area (Å²) in [7, 11) is 3.88. The normalized spacial score (nSPS) is 27.3. The predicted octanol–water partition coefficient (Wildman–Crippen LogP) is 2.50. The van der Waals surface area contributed by atoms with Gasteiger partial charge in [-0.15, -0.1) is 10.2 Å². The lowest BCUT2D eigenvalue weighted by Crippen LogP contribution is -2.38. The molecule has 0 aromatic carbocycles. The van der Waals surface area contributed by atoms with Gasteiger partial charge in [0.2, 0.25) is 5.95 Å². The van der Waals surface area contributed by atoms with Gasteiger partial charge in [0.1, 0.15) is 0 Å². The number of H-pyrrole nitrogens is 1. The van der Waals surface area contributed by atoms with E-state index in [1.807, 2.05) is 44.1 Å². The maximum atomic E-state index is 10.2. The van der Waals surface area contributed by atoms with Gasteiger partial charge in [-0.05, 0) is 38.7 Å². The van der Waals surface area contributed by atoms with Gasteiger partial charge in [0.15, 0.2) is 0 Å². The highest BCUT2D eigenvalue weighted by Gasteiger charge is 2.23. The van der Waals surface area contributed by atoms with E-state index in [9.17, 15) is 5.11 Å². The highest BCUT2D eigenvalue weighted by molar-refractivity contribution is 7.81.